The Labute approximate surface area is 144 Å². The van der Waals surface area contributed by atoms with Crippen molar-refractivity contribution in [2.45, 2.75) is 58.3 Å². The van der Waals surface area contributed by atoms with E-state index in [0.29, 0.717) is 0 Å². The Morgan fingerprint density at radius 2 is 1.13 bits per heavy atom. The van der Waals surface area contributed by atoms with Gasteiger partial charge in [-0.15, -0.1) is 0 Å². The van der Waals surface area contributed by atoms with Crippen LogP contribution in [0.25, 0.3) is 0 Å². The molecule has 0 aliphatic heterocycles. The van der Waals surface area contributed by atoms with E-state index in [9.17, 15) is 0 Å². The second-order valence-corrected chi connectivity index (χ2v) is 5.36. The normalized spacial score (nSPS) is 12.6. The molecule has 1 nitrogen and oxygen atoms in total. The molecule has 0 aromatic carbocycles. The first-order chi connectivity index (χ1) is 11.4. The summed E-state index contributed by atoms with van der Waals surface area (Å²) in [4.78, 5) is 0. The zero-order chi connectivity index (χ0) is 16.8. The zero-order valence-corrected chi connectivity index (χ0v) is 14.9. The molecule has 0 heterocycles. The SMILES string of the molecule is C=CNCCCC/C=C\C/C=C\C/C=C\C/C=C\C/C=C\CC. The van der Waals surface area contributed by atoms with E-state index in [1.54, 1.807) is 6.20 Å². The van der Waals surface area contributed by atoms with Crippen LogP contribution in [0.4, 0.5) is 0 Å². The predicted octanol–water partition coefficient (Wildman–Crippen LogP) is 6.64. The number of unbranched alkanes of at least 4 members (excludes halogenated alkanes) is 2. The first-order valence-corrected chi connectivity index (χ1v) is 9.01. The predicted molar refractivity (Wildman–Crippen MR) is 107 cm³/mol. The lowest BCUT2D eigenvalue weighted by molar-refractivity contribution is 0.704. The van der Waals surface area contributed by atoms with Crippen molar-refractivity contribution < 1.29 is 0 Å². The average Bonchev–Trinajstić information content (AvgIpc) is 2.57. The van der Waals surface area contributed by atoms with Crippen molar-refractivity contribution in [1.82, 2.24) is 5.32 Å². The summed E-state index contributed by atoms with van der Waals surface area (Å²) < 4.78 is 0. The fourth-order valence-electron chi connectivity index (χ4n) is 1.96. The summed E-state index contributed by atoms with van der Waals surface area (Å²) in [6.45, 7) is 6.83. The van der Waals surface area contributed by atoms with Crippen molar-refractivity contribution in [1.29, 1.82) is 0 Å². The third-order valence-corrected chi connectivity index (χ3v) is 3.24. The van der Waals surface area contributed by atoms with Gasteiger partial charge in [0.05, 0.1) is 0 Å². The highest BCUT2D eigenvalue weighted by molar-refractivity contribution is 5.00. The lowest BCUT2D eigenvalue weighted by Crippen LogP contribution is -2.05. The lowest BCUT2D eigenvalue weighted by atomic mass is 10.2. The minimum absolute atomic E-state index is 1.03. The van der Waals surface area contributed by atoms with Crippen LogP contribution in [0.3, 0.4) is 0 Å². The maximum atomic E-state index is 3.63. The average molecular weight is 314 g/mol. The van der Waals surface area contributed by atoms with Gasteiger partial charge in [0.2, 0.25) is 0 Å². The monoisotopic (exact) mass is 313 g/mol. The van der Waals surface area contributed by atoms with Crippen LogP contribution in [-0.4, -0.2) is 6.54 Å². The van der Waals surface area contributed by atoms with E-state index in [1.165, 1.54) is 19.3 Å². The largest absolute Gasteiger partial charge is 0.391 e. The molecule has 23 heavy (non-hydrogen) atoms. The molecule has 1 N–H and O–H groups in total. The minimum atomic E-state index is 1.03. The Morgan fingerprint density at radius 3 is 1.61 bits per heavy atom. The standard InChI is InChI=1S/C22H35N/c1-3-5-6-7-8-9-10-11-12-13-14-15-16-17-18-19-20-21-22-23-4-2/h4-6,8-9,11-12,14-15,17-18,23H,2-3,7,10,13,16,19-22H2,1H3/b6-5-,9-8-,12-11-,15-14-,18-17-. The Balaban J connectivity index is 3.40. The van der Waals surface area contributed by atoms with Crippen LogP contribution < -0.4 is 5.32 Å². The first kappa shape index (κ1) is 21.2. The number of hydrogen-bond acceptors (Lipinski definition) is 1. The fourth-order valence-corrected chi connectivity index (χ4v) is 1.96. The molecule has 1 heteroatoms. The Kier molecular flexibility index (Phi) is 18.7. The van der Waals surface area contributed by atoms with Crippen molar-refractivity contribution in [2.75, 3.05) is 6.54 Å². The first-order valence-electron chi connectivity index (χ1n) is 9.01. The summed E-state index contributed by atoms with van der Waals surface area (Å²) in [5.41, 5.74) is 0. The minimum Gasteiger partial charge on any atom is -0.391 e. The molecule has 0 aliphatic rings. The van der Waals surface area contributed by atoms with Crippen LogP contribution in [0, 0.1) is 0 Å². The quantitative estimate of drug-likeness (QED) is 0.264. The lowest BCUT2D eigenvalue weighted by Gasteiger charge is -1.97. The second-order valence-electron chi connectivity index (χ2n) is 5.36. The van der Waals surface area contributed by atoms with E-state index in [0.717, 1.165) is 38.6 Å². The van der Waals surface area contributed by atoms with Gasteiger partial charge in [0.15, 0.2) is 0 Å². The van der Waals surface area contributed by atoms with Crippen LogP contribution in [-0.2, 0) is 0 Å². The summed E-state index contributed by atoms with van der Waals surface area (Å²) in [6, 6.07) is 0. The topological polar surface area (TPSA) is 12.0 Å². The highest BCUT2D eigenvalue weighted by Crippen LogP contribution is 1.98. The molecule has 0 aromatic rings. The van der Waals surface area contributed by atoms with Crippen LogP contribution in [0.1, 0.15) is 58.3 Å². The maximum Gasteiger partial charge on any atom is 0.0141 e. The third kappa shape index (κ3) is 20.2. The van der Waals surface area contributed by atoms with Gasteiger partial charge in [-0.1, -0.05) is 74.3 Å². The van der Waals surface area contributed by atoms with E-state index in [2.05, 4.69) is 79.6 Å². The van der Waals surface area contributed by atoms with Gasteiger partial charge < -0.3 is 5.32 Å². The smallest absolute Gasteiger partial charge is 0.0141 e. The second kappa shape index (κ2) is 20.2. The van der Waals surface area contributed by atoms with Crippen molar-refractivity contribution in [2.24, 2.45) is 0 Å². The van der Waals surface area contributed by atoms with Crippen molar-refractivity contribution >= 4 is 0 Å². The third-order valence-electron chi connectivity index (χ3n) is 3.24. The van der Waals surface area contributed by atoms with Crippen LogP contribution in [0.2, 0.25) is 0 Å². The molecule has 0 radical (unpaired) electrons. The molecular weight excluding hydrogens is 278 g/mol. The van der Waals surface area contributed by atoms with Gasteiger partial charge in [-0.05, 0) is 57.6 Å². The molecule has 0 unspecified atom stereocenters. The van der Waals surface area contributed by atoms with E-state index in [-0.39, 0.29) is 0 Å². The zero-order valence-electron chi connectivity index (χ0n) is 14.9. The number of hydrogen-bond donors (Lipinski definition) is 1. The van der Waals surface area contributed by atoms with Gasteiger partial charge in [0.25, 0.3) is 0 Å². The molecule has 0 aliphatic carbocycles. The maximum absolute atomic E-state index is 3.63. The molecule has 0 spiro atoms. The summed E-state index contributed by atoms with van der Waals surface area (Å²) in [6.07, 6.45) is 33.0. The van der Waals surface area contributed by atoms with Gasteiger partial charge >= 0.3 is 0 Å². The van der Waals surface area contributed by atoms with Gasteiger partial charge in [0, 0.05) is 6.54 Å². The number of allylic oxidation sites excluding steroid dienone is 10. The Morgan fingerprint density at radius 1 is 0.652 bits per heavy atom. The summed E-state index contributed by atoms with van der Waals surface area (Å²) in [7, 11) is 0. The van der Waals surface area contributed by atoms with Gasteiger partial charge in [0.1, 0.15) is 0 Å². The molecule has 0 rings (SSSR count). The molecule has 128 valence electrons. The summed E-state index contributed by atoms with van der Waals surface area (Å²) in [5, 5.41) is 3.12. The highest BCUT2D eigenvalue weighted by Gasteiger charge is 1.83. The van der Waals surface area contributed by atoms with Crippen LogP contribution in [0.15, 0.2) is 73.5 Å². The highest BCUT2D eigenvalue weighted by atomic mass is 14.8. The van der Waals surface area contributed by atoms with E-state index >= 15 is 0 Å². The van der Waals surface area contributed by atoms with Crippen LogP contribution in [0.5, 0.6) is 0 Å². The number of rotatable bonds is 15. The molecular formula is C22H35N. The van der Waals surface area contributed by atoms with E-state index in [1.807, 2.05) is 0 Å². The Hall–Kier alpha value is -1.76. The van der Waals surface area contributed by atoms with Crippen molar-refractivity contribution in [3.05, 3.63) is 73.5 Å². The molecule has 0 fully saturated rings. The van der Waals surface area contributed by atoms with Crippen molar-refractivity contribution in [3.8, 4) is 0 Å². The molecule has 0 saturated carbocycles. The molecule has 0 bridgehead atoms. The summed E-state index contributed by atoms with van der Waals surface area (Å²) >= 11 is 0. The molecule has 0 saturated heterocycles. The molecule has 0 amide bonds. The molecule has 0 aromatic heterocycles. The summed E-state index contributed by atoms with van der Waals surface area (Å²) in [5.74, 6) is 0. The van der Waals surface area contributed by atoms with E-state index < -0.39 is 0 Å². The van der Waals surface area contributed by atoms with Crippen LogP contribution >= 0.6 is 0 Å². The van der Waals surface area contributed by atoms with E-state index in [4.69, 9.17) is 0 Å². The Bertz CT molecular complexity index is 383. The van der Waals surface area contributed by atoms with Crippen molar-refractivity contribution in [3.63, 3.8) is 0 Å². The van der Waals surface area contributed by atoms with Gasteiger partial charge in [-0.25, -0.2) is 0 Å². The van der Waals surface area contributed by atoms with Gasteiger partial charge in [-0.3, -0.25) is 0 Å². The number of nitrogens with one attached hydrogen (secondary N) is 1. The van der Waals surface area contributed by atoms with Gasteiger partial charge in [-0.2, -0.15) is 0 Å². The fraction of sp³-hybridized carbons (Fsp3) is 0.455. The molecule has 0 atom stereocenters.